The second kappa shape index (κ2) is 8.47. The number of benzene rings is 2. The van der Waals surface area contributed by atoms with Crippen LogP contribution in [0, 0.1) is 0 Å². The van der Waals surface area contributed by atoms with Crippen molar-refractivity contribution in [3.63, 3.8) is 0 Å². The number of halogens is 3. The molecule has 0 unspecified atom stereocenters. The van der Waals surface area contributed by atoms with Gasteiger partial charge < -0.3 is 19.7 Å². The summed E-state index contributed by atoms with van der Waals surface area (Å²) in [4.78, 5) is 12.6. The summed E-state index contributed by atoms with van der Waals surface area (Å²) in [5, 5.41) is 12.9. The van der Waals surface area contributed by atoms with Gasteiger partial charge in [-0.15, -0.1) is 0 Å². The van der Waals surface area contributed by atoms with Gasteiger partial charge in [0.25, 0.3) is 0 Å². The van der Waals surface area contributed by atoms with Crippen LogP contribution < -0.4 is 10.1 Å². The Bertz CT molecular complexity index is 1150. The highest BCUT2D eigenvalue weighted by molar-refractivity contribution is 6.05. The van der Waals surface area contributed by atoms with Crippen LogP contribution in [0.25, 0.3) is 16.5 Å². The van der Waals surface area contributed by atoms with Gasteiger partial charge in [-0.25, -0.2) is 0 Å². The molecule has 1 amide bonds. The van der Waals surface area contributed by atoms with Gasteiger partial charge in [0.05, 0.1) is 18.8 Å². The molecule has 0 saturated heterocycles. The van der Waals surface area contributed by atoms with E-state index in [0.29, 0.717) is 36.2 Å². The molecule has 0 spiro atoms. The van der Waals surface area contributed by atoms with E-state index in [2.05, 4.69) is 5.32 Å². The van der Waals surface area contributed by atoms with Gasteiger partial charge >= 0.3 is 6.18 Å². The molecule has 2 N–H and O–H groups in total. The molecule has 5 nitrogen and oxygen atoms in total. The predicted molar refractivity (Wildman–Crippen MR) is 112 cm³/mol. The third-order valence-electron chi connectivity index (χ3n) is 5.19. The number of aromatic nitrogens is 1. The number of nitrogens with zero attached hydrogens (tertiary/aromatic N) is 1. The first-order chi connectivity index (χ1) is 14.8. The van der Waals surface area contributed by atoms with Crippen LogP contribution in [0.15, 0.2) is 54.7 Å². The first kappa shape index (κ1) is 21.0. The highest BCUT2D eigenvalue weighted by atomic mass is 19.4. The Labute approximate surface area is 176 Å². The zero-order chi connectivity index (χ0) is 22.0. The van der Waals surface area contributed by atoms with Crippen LogP contribution in [-0.2, 0) is 17.5 Å². The normalized spacial score (nSPS) is 15.4. The maximum Gasteiger partial charge on any atom is 0.416 e. The van der Waals surface area contributed by atoms with Gasteiger partial charge in [-0.2, -0.15) is 13.2 Å². The Morgan fingerprint density at radius 1 is 1.19 bits per heavy atom. The number of aliphatic hydroxyl groups excluding tert-OH is 1. The van der Waals surface area contributed by atoms with Gasteiger partial charge in [0, 0.05) is 41.0 Å². The van der Waals surface area contributed by atoms with Gasteiger partial charge in [0.1, 0.15) is 5.75 Å². The number of hydrogen-bond donors (Lipinski definition) is 2. The Balaban J connectivity index is 1.57. The van der Waals surface area contributed by atoms with Gasteiger partial charge in [-0.05, 0) is 54.8 Å². The lowest BCUT2D eigenvalue weighted by atomic mass is 9.99. The number of hydrogen-bond acceptors (Lipinski definition) is 3. The number of nitrogens with one attached hydrogen (secondary N) is 1. The van der Waals surface area contributed by atoms with Crippen LogP contribution in [0.3, 0.4) is 0 Å². The summed E-state index contributed by atoms with van der Waals surface area (Å²) in [7, 11) is 0. The Hall–Kier alpha value is -3.26. The fraction of sp³-hybridized carbons (Fsp3) is 0.261. The molecular formula is C23H21F3N2O3. The molecule has 8 heteroatoms. The Morgan fingerprint density at radius 2 is 2.03 bits per heavy atom. The SMILES string of the molecule is O=C(C=C1CCCOc2cc(C(F)(F)F)ccc21)Nc1ccc2c(ccn2CCO)c1. The molecule has 0 fully saturated rings. The van der Waals surface area contributed by atoms with Gasteiger partial charge in [-0.1, -0.05) is 6.07 Å². The smallest absolute Gasteiger partial charge is 0.416 e. The summed E-state index contributed by atoms with van der Waals surface area (Å²) < 4.78 is 46.5. The number of aliphatic hydroxyl groups is 1. The number of carbonyl (C=O) groups is 1. The topological polar surface area (TPSA) is 63.5 Å². The van der Waals surface area contributed by atoms with Crippen molar-refractivity contribution in [3.05, 3.63) is 65.9 Å². The number of anilines is 1. The summed E-state index contributed by atoms with van der Waals surface area (Å²) >= 11 is 0. The summed E-state index contributed by atoms with van der Waals surface area (Å²) in [6, 6.07) is 10.7. The second-order valence-corrected chi connectivity index (χ2v) is 7.33. The van der Waals surface area contributed by atoms with Gasteiger partial charge in [0.15, 0.2) is 0 Å². The summed E-state index contributed by atoms with van der Waals surface area (Å²) in [5.74, 6) is -0.227. The predicted octanol–water partition coefficient (Wildman–Crippen LogP) is 4.85. The third-order valence-corrected chi connectivity index (χ3v) is 5.19. The van der Waals surface area contributed by atoms with Crippen molar-refractivity contribution in [2.45, 2.75) is 25.6 Å². The van der Waals surface area contributed by atoms with Crippen molar-refractivity contribution in [1.29, 1.82) is 0 Å². The van der Waals surface area contributed by atoms with E-state index in [1.807, 2.05) is 29.0 Å². The minimum absolute atomic E-state index is 0.0332. The number of carbonyl (C=O) groups excluding carboxylic acids is 1. The number of alkyl halides is 3. The van der Waals surface area contributed by atoms with E-state index in [4.69, 9.17) is 9.84 Å². The molecule has 0 aliphatic carbocycles. The van der Waals surface area contributed by atoms with E-state index in [9.17, 15) is 18.0 Å². The molecular weight excluding hydrogens is 409 g/mol. The van der Waals surface area contributed by atoms with Crippen LogP contribution >= 0.6 is 0 Å². The Morgan fingerprint density at radius 3 is 2.81 bits per heavy atom. The van der Waals surface area contributed by atoms with Gasteiger partial charge in [0.2, 0.25) is 5.91 Å². The van der Waals surface area contributed by atoms with Crippen LogP contribution in [0.1, 0.15) is 24.0 Å². The zero-order valence-electron chi connectivity index (χ0n) is 16.6. The van der Waals surface area contributed by atoms with Crippen LogP contribution in [-0.4, -0.2) is 28.8 Å². The van der Waals surface area contributed by atoms with E-state index in [1.165, 1.54) is 12.1 Å². The van der Waals surface area contributed by atoms with E-state index in [0.717, 1.165) is 23.0 Å². The Kier molecular flexibility index (Phi) is 5.73. The molecule has 0 atom stereocenters. The highest BCUT2D eigenvalue weighted by Crippen LogP contribution is 2.38. The molecule has 0 saturated carbocycles. The van der Waals surface area contributed by atoms with E-state index >= 15 is 0 Å². The third kappa shape index (κ3) is 4.59. The van der Waals surface area contributed by atoms with E-state index in [1.54, 1.807) is 6.07 Å². The maximum atomic E-state index is 13.0. The van der Waals surface area contributed by atoms with Crippen molar-refractivity contribution < 1.29 is 27.8 Å². The maximum absolute atomic E-state index is 13.0. The molecule has 2 aromatic carbocycles. The van der Waals surface area contributed by atoms with Crippen LogP contribution in [0.4, 0.5) is 18.9 Å². The molecule has 0 bridgehead atoms. The van der Waals surface area contributed by atoms with Crippen LogP contribution in [0.2, 0.25) is 0 Å². The van der Waals surface area contributed by atoms with Crippen molar-refractivity contribution in [2.75, 3.05) is 18.5 Å². The number of ether oxygens (including phenoxy) is 1. The molecule has 2 heterocycles. The lowest BCUT2D eigenvalue weighted by Gasteiger charge is -2.13. The average molecular weight is 430 g/mol. The minimum Gasteiger partial charge on any atom is -0.493 e. The zero-order valence-corrected chi connectivity index (χ0v) is 16.6. The summed E-state index contributed by atoms with van der Waals surface area (Å²) in [6.07, 6.45) is -0.0525. The van der Waals surface area contributed by atoms with E-state index < -0.39 is 11.7 Å². The molecule has 31 heavy (non-hydrogen) atoms. The lowest BCUT2D eigenvalue weighted by Crippen LogP contribution is -2.09. The lowest BCUT2D eigenvalue weighted by molar-refractivity contribution is -0.137. The first-order valence-corrected chi connectivity index (χ1v) is 9.91. The summed E-state index contributed by atoms with van der Waals surface area (Å²) in [6.45, 7) is 0.805. The average Bonchev–Trinajstić information content (AvgIpc) is 3.00. The molecule has 1 aromatic heterocycles. The molecule has 1 aliphatic heterocycles. The minimum atomic E-state index is -4.46. The second-order valence-electron chi connectivity index (χ2n) is 7.33. The fourth-order valence-corrected chi connectivity index (χ4v) is 3.73. The quantitative estimate of drug-likeness (QED) is 0.582. The van der Waals surface area contributed by atoms with Crippen LogP contribution in [0.5, 0.6) is 5.75 Å². The van der Waals surface area contributed by atoms with Crippen molar-refractivity contribution in [3.8, 4) is 5.75 Å². The largest absolute Gasteiger partial charge is 0.493 e. The molecule has 162 valence electrons. The van der Waals surface area contributed by atoms with Crippen molar-refractivity contribution >= 4 is 28.1 Å². The number of fused-ring (bicyclic) bond motifs is 2. The number of rotatable bonds is 4. The number of amides is 1. The summed E-state index contributed by atoms with van der Waals surface area (Å²) in [5.41, 5.74) is 1.90. The van der Waals surface area contributed by atoms with Crippen molar-refractivity contribution in [2.24, 2.45) is 0 Å². The molecule has 3 aromatic rings. The fourth-order valence-electron chi connectivity index (χ4n) is 3.73. The molecule has 0 radical (unpaired) electrons. The molecule has 4 rings (SSSR count). The van der Waals surface area contributed by atoms with Crippen molar-refractivity contribution in [1.82, 2.24) is 4.57 Å². The number of allylic oxidation sites excluding steroid dienone is 1. The first-order valence-electron chi connectivity index (χ1n) is 9.91. The molecule has 1 aliphatic rings. The monoisotopic (exact) mass is 430 g/mol. The highest BCUT2D eigenvalue weighted by Gasteiger charge is 2.32. The van der Waals surface area contributed by atoms with E-state index in [-0.39, 0.29) is 24.9 Å². The standard InChI is InChI=1S/C23H21F3N2O3/c24-23(25,26)17-3-5-19-15(2-1-11-31-21(19)14-17)13-22(30)27-18-4-6-20-16(12-18)7-8-28(20)9-10-29/h3-8,12-14,29H,1-2,9-11H2,(H,27,30). The van der Waals surface area contributed by atoms with Gasteiger partial charge in [-0.3, -0.25) is 4.79 Å².